The van der Waals surface area contributed by atoms with Crippen LogP contribution in [-0.2, 0) is 19.5 Å². The molecule has 0 radical (unpaired) electrons. The maximum Gasteiger partial charge on any atom is 0.169 e. The molecule has 3 aromatic heterocycles. The van der Waals surface area contributed by atoms with E-state index in [2.05, 4.69) is 57.0 Å². The van der Waals surface area contributed by atoms with Gasteiger partial charge in [-0.15, -0.1) is 22.7 Å². The molecule has 0 spiro atoms. The maximum absolute atomic E-state index is 4.81. The van der Waals surface area contributed by atoms with E-state index in [9.17, 15) is 0 Å². The number of aromatic nitrogens is 2. The number of fused-ring (bicyclic) bond motifs is 2. The van der Waals surface area contributed by atoms with Gasteiger partial charge in [-0.05, 0) is 33.8 Å². The van der Waals surface area contributed by atoms with Crippen LogP contribution in [0.5, 0.6) is 0 Å². The predicted octanol–water partition coefficient (Wildman–Crippen LogP) is 4.98. The van der Waals surface area contributed by atoms with Crippen LogP contribution < -0.4 is 0 Å². The van der Waals surface area contributed by atoms with Gasteiger partial charge in [0.15, 0.2) is 5.82 Å². The summed E-state index contributed by atoms with van der Waals surface area (Å²) in [5, 5.41) is 5.77. The third kappa shape index (κ3) is 2.88. The van der Waals surface area contributed by atoms with Gasteiger partial charge in [0.1, 0.15) is 0 Å². The van der Waals surface area contributed by atoms with Gasteiger partial charge in [0.25, 0.3) is 0 Å². The van der Waals surface area contributed by atoms with Crippen molar-refractivity contribution in [3.05, 3.63) is 70.2 Å². The van der Waals surface area contributed by atoms with Gasteiger partial charge in [0.2, 0.25) is 0 Å². The molecule has 5 rings (SSSR count). The van der Waals surface area contributed by atoms with Gasteiger partial charge in [0, 0.05) is 42.5 Å². The second kappa shape index (κ2) is 6.33. The third-order valence-corrected chi connectivity index (χ3v) is 6.59. The summed E-state index contributed by atoms with van der Waals surface area (Å²) in [4.78, 5) is 13.1. The van der Waals surface area contributed by atoms with Crippen LogP contribution >= 0.6 is 22.7 Å². The molecule has 0 atom stereocenters. The van der Waals surface area contributed by atoms with Gasteiger partial charge in [-0.25, -0.2) is 9.97 Å². The summed E-state index contributed by atoms with van der Waals surface area (Å²) in [6.45, 7) is 2.98. The zero-order chi connectivity index (χ0) is 16.6. The highest BCUT2D eigenvalue weighted by molar-refractivity contribution is 7.17. The van der Waals surface area contributed by atoms with E-state index < -0.39 is 0 Å². The lowest BCUT2D eigenvalue weighted by molar-refractivity contribution is 0.244. The fourth-order valence-corrected chi connectivity index (χ4v) is 5.05. The van der Waals surface area contributed by atoms with Gasteiger partial charge in [-0.1, -0.05) is 24.3 Å². The molecule has 0 N–H and O–H groups in total. The molecule has 1 aliphatic heterocycles. The second-order valence-electron chi connectivity index (χ2n) is 6.36. The van der Waals surface area contributed by atoms with Crippen LogP contribution in [0, 0.1) is 0 Å². The highest BCUT2D eigenvalue weighted by Crippen LogP contribution is 2.29. The molecule has 0 saturated carbocycles. The first-order chi connectivity index (χ1) is 12.4. The molecule has 4 aromatic rings. The minimum atomic E-state index is 0.867. The Morgan fingerprint density at radius 2 is 2.04 bits per heavy atom. The molecule has 124 valence electrons. The lowest BCUT2D eigenvalue weighted by Crippen LogP contribution is -2.30. The molecule has 25 heavy (non-hydrogen) atoms. The summed E-state index contributed by atoms with van der Waals surface area (Å²) in [5.41, 5.74) is 3.91. The Kier molecular flexibility index (Phi) is 3.85. The molecular formula is C20H17N3S2. The first-order valence-electron chi connectivity index (χ1n) is 8.43. The van der Waals surface area contributed by atoms with Crippen molar-refractivity contribution in [2.24, 2.45) is 0 Å². The zero-order valence-corrected chi connectivity index (χ0v) is 15.3. The maximum atomic E-state index is 4.81. The van der Waals surface area contributed by atoms with Crippen LogP contribution in [0.3, 0.4) is 0 Å². The molecule has 1 aromatic carbocycles. The Morgan fingerprint density at radius 1 is 1.08 bits per heavy atom. The molecule has 0 aliphatic carbocycles. The van der Waals surface area contributed by atoms with Gasteiger partial charge in [-0.2, -0.15) is 0 Å². The summed E-state index contributed by atoms with van der Waals surface area (Å²) in [6, 6.07) is 12.8. The van der Waals surface area contributed by atoms with Gasteiger partial charge in [0.05, 0.1) is 10.6 Å². The van der Waals surface area contributed by atoms with E-state index in [4.69, 9.17) is 4.98 Å². The van der Waals surface area contributed by atoms with E-state index in [0.717, 1.165) is 36.8 Å². The highest BCUT2D eigenvalue weighted by Gasteiger charge is 2.20. The van der Waals surface area contributed by atoms with Crippen LogP contribution in [0.15, 0.2) is 53.4 Å². The fourth-order valence-electron chi connectivity index (χ4n) is 3.43. The van der Waals surface area contributed by atoms with Crippen LogP contribution in [0.4, 0.5) is 0 Å². The summed E-state index contributed by atoms with van der Waals surface area (Å²) < 4.78 is 1.37. The van der Waals surface area contributed by atoms with E-state index in [-0.39, 0.29) is 0 Å². The first kappa shape index (κ1) is 15.2. The molecule has 0 amide bonds. The average Bonchev–Trinajstić information content (AvgIpc) is 3.32. The number of nitrogens with zero attached hydrogens (tertiary/aromatic N) is 3. The molecule has 0 saturated heterocycles. The van der Waals surface area contributed by atoms with Crippen molar-refractivity contribution in [3.63, 3.8) is 0 Å². The van der Waals surface area contributed by atoms with Crippen LogP contribution in [0.2, 0.25) is 0 Å². The lowest BCUT2D eigenvalue weighted by Gasteiger charge is -2.27. The van der Waals surface area contributed by atoms with Crippen molar-refractivity contribution in [3.8, 4) is 10.7 Å². The molecule has 0 bridgehead atoms. The molecule has 0 unspecified atom stereocenters. The van der Waals surface area contributed by atoms with Crippen molar-refractivity contribution in [2.75, 3.05) is 6.54 Å². The van der Waals surface area contributed by atoms with Crippen molar-refractivity contribution in [1.29, 1.82) is 0 Å². The van der Waals surface area contributed by atoms with Gasteiger partial charge < -0.3 is 0 Å². The van der Waals surface area contributed by atoms with E-state index in [1.807, 2.05) is 17.5 Å². The van der Waals surface area contributed by atoms with Crippen molar-refractivity contribution < 1.29 is 0 Å². The summed E-state index contributed by atoms with van der Waals surface area (Å²) in [7, 11) is 0. The SMILES string of the molecule is c1csc(-c2ncc3c(n2)CCN(Cc2csc4ccccc24)C3)c1. The molecule has 4 heterocycles. The average molecular weight is 364 g/mol. The van der Waals surface area contributed by atoms with Crippen molar-refractivity contribution in [2.45, 2.75) is 19.5 Å². The van der Waals surface area contributed by atoms with Crippen molar-refractivity contribution >= 4 is 32.8 Å². The number of hydrogen-bond donors (Lipinski definition) is 0. The van der Waals surface area contributed by atoms with Crippen LogP contribution in [0.25, 0.3) is 20.8 Å². The quantitative estimate of drug-likeness (QED) is 0.514. The van der Waals surface area contributed by atoms with Crippen LogP contribution in [0.1, 0.15) is 16.8 Å². The minimum absolute atomic E-state index is 0.867. The molecule has 3 nitrogen and oxygen atoms in total. The number of thiophene rings is 2. The second-order valence-corrected chi connectivity index (χ2v) is 8.22. The molecule has 5 heteroatoms. The van der Waals surface area contributed by atoms with Gasteiger partial charge >= 0.3 is 0 Å². The third-order valence-electron chi connectivity index (χ3n) is 4.71. The Hall–Kier alpha value is -2.08. The van der Waals surface area contributed by atoms with Crippen LogP contribution in [-0.4, -0.2) is 21.4 Å². The normalized spacial score (nSPS) is 14.7. The highest BCUT2D eigenvalue weighted by atomic mass is 32.1. The number of rotatable bonds is 3. The largest absolute Gasteiger partial charge is 0.294 e. The van der Waals surface area contributed by atoms with E-state index in [1.165, 1.54) is 26.9 Å². The minimum Gasteiger partial charge on any atom is -0.294 e. The Morgan fingerprint density at radius 3 is 2.96 bits per heavy atom. The predicted molar refractivity (Wildman–Crippen MR) is 105 cm³/mol. The van der Waals surface area contributed by atoms with E-state index >= 15 is 0 Å². The molecule has 1 aliphatic rings. The first-order valence-corrected chi connectivity index (χ1v) is 10.2. The standard InChI is InChI=1S/C20H17N3S2/c1-2-5-18-16(4-1)15(13-25-18)12-23-8-7-17-14(11-23)10-21-20(22-17)19-6-3-9-24-19/h1-6,9-10,13H,7-8,11-12H2. The molecular weight excluding hydrogens is 346 g/mol. The smallest absolute Gasteiger partial charge is 0.169 e. The summed E-state index contributed by atoms with van der Waals surface area (Å²) >= 11 is 3.54. The topological polar surface area (TPSA) is 29.0 Å². The lowest BCUT2D eigenvalue weighted by atomic mass is 10.1. The van der Waals surface area contributed by atoms with Gasteiger partial charge in [-0.3, -0.25) is 4.90 Å². The van der Waals surface area contributed by atoms with E-state index in [0.29, 0.717) is 0 Å². The molecule has 0 fully saturated rings. The number of benzene rings is 1. The Labute approximate surface area is 154 Å². The zero-order valence-electron chi connectivity index (χ0n) is 13.7. The summed E-state index contributed by atoms with van der Waals surface area (Å²) in [5.74, 6) is 0.867. The monoisotopic (exact) mass is 363 g/mol. The van der Waals surface area contributed by atoms with Crippen molar-refractivity contribution in [1.82, 2.24) is 14.9 Å². The Balaban J connectivity index is 1.37. The van der Waals surface area contributed by atoms with E-state index in [1.54, 1.807) is 11.3 Å². The Bertz CT molecular complexity index is 1020. The fraction of sp³-hybridized carbons (Fsp3) is 0.200. The summed E-state index contributed by atoms with van der Waals surface area (Å²) in [6.07, 6.45) is 3.02. The number of hydrogen-bond acceptors (Lipinski definition) is 5.